The summed E-state index contributed by atoms with van der Waals surface area (Å²) in [5.41, 5.74) is 0.756. The maximum atomic E-state index is 10.7. The van der Waals surface area contributed by atoms with Crippen LogP contribution in [0, 0.1) is 0 Å². The highest BCUT2D eigenvalue weighted by molar-refractivity contribution is 5.16. The SMILES string of the molecule is C=CCO[C@H]1O[C@@H](CO)[C@H](O[C@@H]2O[C@@H]3COC(c4ccccc4)O[C@@H]3[C@H](O)[C@H]2O)[C@@H](O)[C@@H]1O. The second-order valence-electron chi connectivity index (χ2n) is 8.13. The van der Waals surface area contributed by atoms with Crippen molar-refractivity contribution in [3.63, 3.8) is 0 Å². The quantitative estimate of drug-likeness (QED) is 0.298. The first kappa shape index (κ1) is 24.6. The minimum absolute atomic E-state index is 0.0567. The Kier molecular flexibility index (Phi) is 8.10. The molecule has 3 fully saturated rings. The molecule has 1 aromatic carbocycles. The molecule has 0 aliphatic carbocycles. The van der Waals surface area contributed by atoms with Gasteiger partial charge >= 0.3 is 0 Å². The van der Waals surface area contributed by atoms with Crippen LogP contribution in [0.5, 0.6) is 0 Å². The minimum Gasteiger partial charge on any atom is -0.394 e. The summed E-state index contributed by atoms with van der Waals surface area (Å²) in [4.78, 5) is 0. The summed E-state index contributed by atoms with van der Waals surface area (Å²) in [6.45, 7) is 3.05. The Balaban J connectivity index is 1.42. The van der Waals surface area contributed by atoms with E-state index in [2.05, 4.69) is 6.58 Å². The predicted octanol–water partition coefficient (Wildman–Crippen LogP) is -1.43. The maximum Gasteiger partial charge on any atom is 0.187 e. The second-order valence-corrected chi connectivity index (χ2v) is 8.13. The number of rotatable bonds is 7. The summed E-state index contributed by atoms with van der Waals surface area (Å²) in [5, 5.41) is 52.0. The monoisotopic (exact) mass is 470 g/mol. The molecule has 1 aromatic rings. The molecular weight excluding hydrogens is 440 g/mol. The zero-order valence-electron chi connectivity index (χ0n) is 17.8. The summed E-state index contributed by atoms with van der Waals surface area (Å²) in [6.07, 6.45) is -11.9. The molecule has 11 nitrogen and oxygen atoms in total. The lowest BCUT2D eigenvalue weighted by molar-refractivity contribution is -0.385. The highest BCUT2D eigenvalue weighted by Crippen LogP contribution is 2.35. The van der Waals surface area contributed by atoms with Crippen LogP contribution in [0.25, 0.3) is 0 Å². The highest BCUT2D eigenvalue weighted by Gasteiger charge is 2.52. The van der Waals surface area contributed by atoms with Crippen LogP contribution in [-0.4, -0.2) is 107 Å². The van der Waals surface area contributed by atoms with E-state index in [-0.39, 0.29) is 13.2 Å². The van der Waals surface area contributed by atoms with Crippen LogP contribution in [0.2, 0.25) is 0 Å². The number of hydrogen-bond donors (Lipinski definition) is 5. The molecule has 0 bridgehead atoms. The Morgan fingerprint density at radius 1 is 0.939 bits per heavy atom. The molecule has 3 aliphatic rings. The van der Waals surface area contributed by atoms with Gasteiger partial charge in [0.05, 0.1) is 19.8 Å². The largest absolute Gasteiger partial charge is 0.394 e. The molecule has 0 spiro atoms. The topological polar surface area (TPSA) is 157 Å². The third-order valence-corrected chi connectivity index (χ3v) is 5.90. The van der Waals surface area contributed by atoms with Gasteiger partial charge in [-0.05, 0) is 0 Å². The van der Waals surface area contributed by atoms with Crippen LogP contribution in [0.3, 0.4) is 0 Å². The van der Waals surface area contributed by atoms with E-state index >= 15 is 0 Å². The average molecular weight is 470 g/mol. The first-order valence-corrected chi connectivity index (χ1v) is 10.8. The summed E-state index contributed by atoms with van der Waals surface area (Å²) in [5.74, 6) is 0. The number of fused-ring (bicyclic) bond motifs is 1. The van der Waals surface area contributed by atoms with Crippen molar-refractivity contribution in [3.05, 3.63) is 48.6 Å². The van der Waals surface area contributed by atoms with Crippen molar-refractivity contribution in [1.82, 2.24) is 0 Å². The number of benzene rings is 1. The van der Waals surface area contributed by atoms with E-state index in [4.69, 9.17) is 28.4 Å². The Morgan fingerprint density at radius 3 is 2.36 bits per heavy atom. The second kappa shape index (κ2) is 10.8. The van der Waals surface area contributed by atoms with Crippen molar-refractivity contribution in [2.24, 2.45) is 0 Å². The van der Waals surface area contributed by atoms with Gasteiger partial charge in [-0.15, -0.1) is 6.58 Å². The molecule has 4 rings (SSSR count). The van der Waals surface area contributed by atoms with Gasteiger partial charge in [0.25, 0.3) is 0 Å². The van der Waals surface area contributed by atoms with Crippen LogP contribution in [0.4, 0.5) is 0 Å². The number of ether oxygens (including phenoxy) is 6. The molecule has 33 heavy (non-hydrogen) atoms. The molecule has 0 aromatic heterocycles. The number of aliphatic hydroxyl groups is 5. The van der Waals surface area contributed by atoms with Crippen LogP contribution >= 0.6 is 0 Å². The lowest BCUT2D eigenvalue weighted by Gasteiger charge is -2.48. The van der Waals surface area contributed by atoms with Crippen LogP contribution in [0.1, 0.15) is 11.9 Å². The molecule has 11 atom stereocenters. The standard InChI is InChI=1S/C22H30O11/c1-2-8-28-21-16(26)14(24)18(12(9-23)30-21)33-22-17(27)15(25)19-13(31-22)10-29-20(32-19)11-6-4-3-5-7-11/h2-7,12-27H,1,8-10H2/t12-,13+,14-,15+,16-,17+,18-,19-,20?,21-,22-/m0/s1. The van der Waals surface area contributed by atoms with Crippen molar-refractivity contribution in [2.45, 2.75) is 67.7 Å². The molecule has 1 unspecified atom stereocenters. The Bertz CT molecular complexity index is 760. The van der Waals surface area contributed by atoms with Gasteiger partial charge in [0.1, 0.15) is 48.8 Å². The maximum absolute atomic E-state index is 10.7. The molecule has 11 heteroatoms. The molecule has 184 valence electrons. The lowest BCUT2D eigenvalue weighted by atomic mass is 9.96. The van der Waals surface area contributed by atoms with Gasteiger partial charge in [0.15, 0.2) is 18.9 Å². The van der Waals surface area contributed by atoms with Crippen LogP contribution in [0.15, 0.2) is 43.0 Å². The van der Waals surface area contributed by atoms with Gasteiger partial charge < -0.3 is 54.0 Å². The molecule has 3 heterocycles. The summed E-state index contributed by atoms with van der Waals surface area (Å²) < 4.78 is 33.8. The summed E-state index contributed by atoms with van der Waals surface area (Å²) in [7, 11) is 0. The lowest BCUT2D eigenvalue weighted by Crippen LogP contribution is -2.65. The fraction of sp³-hybridized carbons (Fsp3) is 0.636. The van der Waals surface area contributed by atoms with E-state index in [1.807, 2.05) is 30.3 Å². The van der Waals surface area contributed by atoms with Gasteiger partial charge in [0, 0.05) is 5.56 Å². The first-order valence-electron chi connectivity index (χ1n) is 10.8. The summed E-state index contributed by atoms with van der Waals surface area (Å²) in [6, 6.07) is 9.15. The third-order valence-electron chi connectivity index (χ3n) is 5.90. The predicted molar refractivity (Wildman–Crippen MR) is 109 cm³/mol. The van der Waals surface area contributed by atoms with Crippen molar-refractivity contribution in [2.75, 3.05) is 19.8 Å². The van der Waals surface area contributed by atoms with Gasteiger partial charge in [-0.3, -0.25) is 0 Å². The molecule has 3 saturated heterocycles. The van der Waals surface area contributed by atoms with Crippen molar-refractivity contribution in [3.8, 4) is 0 Å². The summed E-state index contributed by atoms with van der Waals surface area (Å²) >= 11 is 0. The van der Waals surface area contributed by atoms with Crippen molar-refractivity contribution in [1.29, 1.82) is 0 Å². The first-order chi connectivity index (χ1) is 15.9. The molecule has 3 aliphatic heterocycles. The molecule has 5 N–H and O–H groups in total. The Labute approximate surface area is 190 Å². The van der Waals surface area contributed by atoms with Gasteiger partial charge in [-0.25, -0.2) is 0 Å². The van der Waals surface area contributed by atoms with E-state index in [0.29, 0.717) is 0 Å². The zero-order chi connectivity index (χ0) is 23.5. The van der Waals surface area contributed by atoms with E-state index < -0.39 is 74.3 Å². The normalized spacial score (nSPS) is 43.6. The number of aliphatic hydroxyl groups excluding tert-OH is 5. The minimum atomic E-state index is -1.54. The smallest absolute Gasteiger partial charge is 0.187 e. The molecular formula is C22H30O11. The molecule has 0 amide bonds. The fourth-order valence-electron chi connectivity index (χ4n) is 4.15. The number of hydrogen-bond acceptors (Lipinski definition) is 11. The van der Waals surface area contributed by atoms with Crippen molar-refractivity contribution >= 4 is 0 Å². The van der Waals surface area contributed by atoms with Crippen molar-refractivity contribution < 1.29 is 54.0 Å². The van der Waals surface area contributed by atoms with Crippen LogP contribution < -0.4 is 0 Å². The van der Waals surface area contributed by atoms with E-state index in [1.54, 1.807) is 0 Å². The Hall–Kier alpha value is -1.48. The molecule has 0 saturated carbocycles. The zero-order valence-corrected chi connectivity index (χ0v) is 17.8. The fourth-order valence-corrected chi connectivity index (χ4v) is 4.15. The van der Waals surface area contributed by atoms with E-state index in [1.165, 1.54) is 6.08 Å². The molecule has 0 radical (unpaired) electrons. The Morgan fingerprint density at radius 2 is 1.67 bits per heavy atom. The van der Waals surface area contributed by atoms with Gasteiger partial charge in [0.2, 0.25) is 0 Å². The van der Waals surface area contributed by atoms with E-state index in [0.717, 1.165) is 5.56 Å². The van der Waals surface area contributed by atoms with Gasteiger partial charge in [-0.2, -0.15) is 0 Å². The third kappa shape index (κ3) is 5.14. The van der Waals surface area contributed by atoms with Crippen LogP contribution in [-0.2, 0) is 28.4 Å². The van der Waals surface area contributed by atoms with Gasteiger partial charge in [-0.1, -0.05) is 36.4 Å². The van der Waals surface area contributed by atoms with E-state index in [9.17, 15) is 25.5 Å². The average Bonchev–Trinajstić information content (AvgIpc) is 2.85. The highest BCUT2D eigenvalue weighted by atomic mass is 16.8.